The summed E-state index contributed by atoms with van der Waals surface area (Å²) in [5, 5.41) is 2.98. The quantitative estimate of drug-likeness (QED) is 0.616. The maximum absolute atomic E-state index is 13.7. The van der Waals surface area contributed by atoms with Gasteiger partial charge in [0.15, 0.2) is 0 Å². The molecule has 32 heavy (non-hydrogen) atoms. The van der Waals surface area contributed by atoms with Crippen molar-refractivity contribution in [2.45, 2.75) is 19.8 Å². The molecule has 3 aromatic carbocycles. The van der Waals surface area contributed by atoms with Crippen molar-refractivity contribution in [3.63, 3.8) is 0 Å². The largest absolute Gasteiger partial charge is 0.356 e. The Bertz CT molecular complexity index is 1120. The maximum atomic E-state index is 13.7. The van der Waals surface area contributed by atoms with Gasteiger partial charge in [-0.25, -0.2) is 4.39 Å². The zero-order chi connectivity index (χ0) is 22.6. The van der Waals surface area contributed by atoms with Crippen LogP contribution in [0, 0.1) is 11.2 Å². The number of amides is 2. The number of carbonyl (C=O) groups excluding carboxylic acids is 2. The first-order valence-electron chi connectivity index (χ1n) is 11.0. The lowest BCUT2D eigenvalue weighted by Crippen LogP contribution is -2.45. The average Bonchev–Trinajstić information content (AvgIpc) is 3.25. The molecule has 1 fully saturated rings. The number of hydrogen-bond donors (Lipinski definition) is 1. The fraction of sp³-hybridized carbons (Fsp3) is 0.259. The van der Waals surface area contributed by atoms with Crippen LogP contribution >= 0.6 is 0 Å². The molecule has 0 aliphatic carbocycles. The van der Waals surface area contributed by atoms with Crippen LogP contribution in [0.25, 0.3) is 11.1 Å². The highest BCUT2D eigenvalue weighted by molar-refractivity contribution is 5.95. The lowest BCUT2D eigenvalue weighted by Gasteiger charge is -2.29. The Hall–Kier alpha value is -3.47. The standard InChI is InChI=1S/C27H27FN2O2/c1-2-29-26(32)27(15-16-30(19-27)25(31)21-12-8-13-23(28)17-21)18-22-11-6-7-14-24(22)20-9-4-3-5-10-20/h3-14,17H,2,15-16,18-19H2,1H3,(H,29,32)/t27-/m1/s1. The molecule has 0 radical (unpaired) electrons. The van der Waals surface area contributed by atoms with Gasteiger partial charge < -0.3 is 10.2 Å². The average molecular weight is 431 g/mol. The second-order valence-electron chi connectivity index (χ2n) is 8.33. The van der Waals surface area contributed by atoms with E-state index >= 15 is 0 Å². The summed E-state index contributed by atoms with van der Waals surface area (Å²) >= 11 is 0. The number of rotatable bonds is 6. The number of likely N-dealkylation sites (tertiary alicyclic amines) is 1. The predicted molar refractivity (Wildman–Crippen MR) is 124 cm³/mol. The monoisotopic (exact) mass is 430 g/mol. The normalized spacial score (nSPS) is 17.9. The van der Waals surface area contributed by atoms with Crippen molar-refractivity contribution in [2.75, 3.05) is 19.6 Å². The van der Waals surface area contributed by atoms with E-state index in [2.05, 4.69) is 29.6 Å². The minimum atomic E-state index is -0.732. The third kappa shape index (κ3) is 4.42. The van der Waals surface area contributed by atoms with Crippen molar-refractivity contribution in [1.82, 2.24) is 10.2 Å². The van der Waals surface area contributed by atoms with Crippen LogP contribution < -0.4 is 5.32 Å². The van der Waals surface area contributed by atoms with Gasteiger partial charge in [0.05, 0.1) is 5.41 Å². The Morgan fingerprint density at radius 1 is 1.00 bits per heavy atom. The summed E-state index contributed by atoms with van der Waals surface area (Å²) < 4.78 is 13.7. The van der Waals surface area contributed by atoms with Gasteiger partial charge in [-0.2, -0.15) is 0 Å². The van der Waals surface area contributed by atoms with Crippen LogP contribution in [0.3, 0.4) is 0 Å². The molecule has 164 valence electrons. The van der Waals surface area contributed by atoms with Gasteiger partial charge in [-0.3, -0.25) is 9.59 Å². The van der Waals surface area contributed by atoms with Gasteiger partial charge in [-0.15, -0.1) is 0 Å². The molecule has 1 saturated heterocycles. The molecule has 4 nitrogen and oxygen atoms in total. The van der Waals surface area contributed by atoms with Gasteiger partial charge in [-0.05, 0) is 54.7 Å². The maximum Gasteiger partial charge on any atom is 0.253 e. The Morgan fingerprint density at radius 2 is 1.75 bits per heavy atom. The van der Waals surface area contributed by atoms with Gasteiger partial charge in [0.1, 0.15) is 5.82 Å². The van der Waals surface area contributed by atoms with E-state index in [1.54, 1.807) is 11.0 Å². The Labute approximate surface area is 188 Å². The highest BCUT2D eigenvalue weighted by Gasteiger charge is 2.46. The van der Waals surface area contributed by atoms with E-state index in [9.17, 15) is 14.0 Å². The molecule has 1 heterocycles. The van der Waals surface area contributed by atoms with Crippen LogP contribution in [0.5, 0.6) is 0 Å². The molecular formula is C27H27FN2O2. The summed E-state index contributed by atoms with van der Waals surface area (Å²) in [6.07, 6.45) is 1.08. The van der Waals surface area contributed by atoms with E-state index < -0.39 is 11.2 Å². The molecule has 2 amide bonds. The lowest BCUT2D eigenvalue weighted by atomic mass is 9.78. The summed E-state index contributed by atoms with van der Waals surface area (Å²) in [6.45, 7) is 3.18. The molecule has 0 spiro atoms. The number of benzene rings is 3. The summed E-state index contributed by atoms with van der Waals surface area (Å²) in [4.78, 5) is 28.0. The molecule has 1 N–H and O–H groups in total. The fourth-order valence-electron chi connectivity index (χ4n) is 4.55. The minimum Gasteiger partial charge on any atom is -0.356 e. The van der Waals surface area contributed by atoms with E-state index in [4.69, 9.17) is 0 Å². The first-order chi connectivity index (χ1) is 15.5. The summed E-state index contributed by atoms with van der Waals surface area (Å²) in [5.41, 5.74) is 2.84. The highest BCUT2D eigenvalue weighted by Crippen LogP contribution is 2.38. The molecule has 3 aromatic rings. The van der Waals surface area contributed by atoms with Crippen LogP contribution in [0.4, 0.5) is 4.39 Å². The molecule has 1 aliphatic heterocycles. The predicted octanol–water partition coefficient (Wildman–Crippen LogP) is 4.70. The smallest absolute Gasteiger partial charge is 0.253 e. The molecule has 0 saturated carbocycles. The third-order valence-corrected chi connectivity index (χ3v) is 6.16. The number of nitrogens with one attached hydrogen (secondary N) is 1. The Morgan fingerprint density at radius 3 is 2.50 bits per heavy atom. The molecular weight excluding hydrogens is 403 g/mol. The second-order valence-corrected chi connectivity index (χ2v) is 8.33. The van der Waals surface area contributed by atoms with E-state index in [-0.39, 0.29) is 11.8 Å². The number of carbonyl (C=O) groups is 2. The Balaban J connectivity index is 1.65. The van der Waals surface area contributed by atoms with Crippen molar-refractivity contribution in [1.29, 1.82) is 0 Å². The van der Waals surface area contributed by atoms with E-state index in [1.807, 2.05) is 37.3 Å². The van der Waals surface area contributed by atoms with Crippen molar-refractivity contribution < 1.29 is 14.0 Å². The van der Waals surface area contributed by atoms with Crippen LogP contribution in [0.2, 0.25) is 0 Å². The molecule has 1 atom stereocenters. The molecule has 5 heteroatoms. The van der Waals surface area contributed by atoms with Gasteiger partial charge in [-0.1, -0.05) is 60.7 Å². The first kappa shape index (κ1) is 21.8. The summed E-state index contributed by atoms with van der Waals surface area (Å²) in [6, 6.07) is 23.9. The second kappa shape index (κ2) is 9.35. The van der Waals surface area contributed by atoms with E-state index in [0.29, 0.717) is 38.0 Å². The Kier molecular flexibility index (Phi) is 6.35. The number of halogens is 1. The SMILES string of the molecule is CCNC(=O)[C@@]1(Cc2ccccc2-c2ccccc2)CCN(C(=O)c2cccc(F)c2)C1. The third-order valence-electron chi connectivity index (χ3n) is 6.16. The van der Waals surface area contributed by atoms with Gasteiger partial charge >= 0.3 is 0 Å². The zero-order valence-corrected chi connectivity index (χ0v) is 18.2. The number of nitrogens with zero attached hydrogens (tertiary/aromatic N) is 1. The topological polar surface area (TPSA) is 49.4 Å². The molecule has 4 rings (SSSR count). The molecule has 1 aliphatic rings. The van der Waals surface area contributed by atoms with Gasteiger partial charge in [0.25, 0.3) is 5.91 Å². The van der Waals surface area contributed by atoms with Crippen molar-refractivity contribution in [3.8, 4) is 11.1 Å². The van der Waals surface area contributed by atoms with Crippen LogP contribution in [0.15, 0.2) is 78.9 Å². The minimum absolute atomic E-state index is 0.0441. The van der Waals surface area contributed by atoms with Gasteiger partial charge in [0.2, 0.25) is 5.91 Å². The lowest BCUT2D eigenvalue weighted by molar-refractivity contribution is -0.130. The van der Waals surface area contributed by atoms with Crippen LogP contribution in [-0.2, 0) is 11.2 Å². The van der Waals surface area contributed by atoms with Crippen LogP contribution in [-0.4, -0.2) is 36.3 Å². The van der Waals surface area contributed by atoms with Crippen molar-refractivity contribution in [3.05, 3.63) is 95.8 Å². The van der Waals surface area contributed by atoms with Crippen molar-refractivity contribution >= 4 is 11.8 Å². The zero-order valence-electron chi connectivity index (χ0n) is 18.2. The summed E-state index contributed by atoms with van der Waals surface area (Å²) in [7, 11) is 0. The molecule has 0 bridgehead atoms. The highest BCUT2D eigenvalue weighted by atomic mass is 19.1. The van der Waals surface area contributed by atoms with Crippen molar-refractivity contribution in [2.24, 2.45) is 5.41 Å². The van der Waals surface area contributed by atoms with E-state index in [1.165, 1.54) is 18.2 Å². The van der Waals surface area contributed by atoms with Crippen LogP contribution in [0.1, 0.15) is 29.3 Å². The molecule has 0 unspecified atom stereocenters. The fourth-order valence-corrected chi connectivity index (χ4v) is 4.55. The van der Waals surface area contributed by atoms with E-state index in [0.717, 1.165) is 16.7 Å². The first-order valence-corrected chi connectivity index (χ1v) is 11.0. The number of hydrogen-bond acceptors (Lipinski definition) is 2. The molecule has 0 aromatic heterocycles. The van der Waals surface area contributed by atoms with Gasteiger partial charge in [0, 0.05) is 25.2 Å². The summed E-state index contributed by atoms with van der Waals surface area (Å²) in [5.74, 6) is -0.730.